The van der Waals surface area contributed by atoms with Gasteiger partial charge in [-0.3, -0.25) is 4.79 Å². The third kappa shape index (κ3) is 3.25. The number of amides is 1. The second-order valence-corrected chi connectivity index (χ2v) is 3.45. The molecule has 0 heterocycles. The fraction of sp³-hybridized carbons (Fsp3) is 0.300. The van der Waals surface area contributed by atoms with Crippen molar-refractivity contribution >= 4 is 5.91 Å². The smallest absolute Gasteiger partial charge is 0.324 e. The van der Waals surface area contributed by atoms with Gasteiger partial charge in [-0.05, 0) is 12.1 Å². The SMILES string of the molecule is O=C(NCC(F)(F)C(F)F)c1ccc(O)cc1O. The predicted octanol–water partition coefficient (Wildman–Crippen LogP) is 1.73. The van der Waals surface area contributed by atoms with E-state index >= 15 is 0 Å². The van der Waals surface area contributed by atoms with Crippen LogP contribution in [-0.2, 0) is 0 Å². The molecule has 0 radical (unpaired) electrons. The number of rotatable bonds is 4. The first kappa shape index (κ1) is 14.1. The van der Waals surface area contributed by atoms with Gasteiger partial charge in [0, 0.05) is 6.07 Å². The fourth-order valence-electron chi connectivity index (χ4n) is 1.08. The lowest BCUT2D eigenvalue weighted by Gasteiger charge is -2.15. The number of alkyl halides is 4. The second kappa shape index (κ2) is 5.11. The van der Waals surface area contributed by atoms with E-state index in [1.165, 1.54) is 0 Å². The molecule has 0 saturated carbocycles. The highest BCUT2D eigenvalue weighted by molar-refractivity contribution is 5.97. The van der Waals surface area contributed by atoms with E-state index < -0.39 is 36.1 Å². The Bertz CT molecular complexity index is 451. The molecule has 8 heteroatoms. The van der Waals surface area contributed by atoms with E-state index in [1.54, 1.807) is 5.32 Å². The van der Waals surface area contributed by atoms with E-state index in [2.05, 4.69) is 0 Å². The van der Waals surface area contributed by atoms with Crippen molar-refractivity contribution in [2.24, 2.45) is 0 Å². The third-order valence-electron chi connectivity index (χ3n) is 2.03. The minimum atomic E-state index is -4.35. The molecule has 3 N–H and O–H groups in total. The summed E-state index contributed by atoms with van der Waals surface area (Å²) in [6, 6.07) is 2.83. The largest absolute Gasteiger partial charge is 0.508 e. The maximum Gasteiger partial charge on any atom is 0.324 e. The Kier molecular flexibility index (Phi) is 4.00. The van der Waals surface area contributed by atoms with Crippen LogP contribution in [0.5, 0.6) is 11.5 Å². The van der Waals surface area contributed by atoms with E-state index in [9.17, 15) is 27.5 Å². The highest BCUT2D eigenvalue weighted by Gasteiger charge is 2.40. The van der Waals surface area contributed by atoms with E-state index in [0.29, 0.717) is 0 Å². The van der Waals surface area contributed by atoms with Crippen LogP contribution in [0.15, 0.2) is 18.2 Å². The molecular formula is C10H9F4NO3. The summed E-state index contributed by atoms with van der Waals surface area (Å²) in [4.78, 5) is 11.3. The van der Waals surface area contributed by atoms with Crippen LogP contribution >= 0.6 is 0 Å². The lowest BCUT2D eigenvalue weighted by atomic mass is 10.1. The molecule has 1 aromatic carbocycles. The lowest BCUT2D eigenvalue weighted by molar-refractivity contribution is -0.123. The summed E-state index contributed by atoms with van der Waals surface area (Å²) < 4.78 is 48.7. The zero-order valence-electron chi connectivity index (χ0n) is 8.83. The zero-order valence-corrected chi connectivity index (χ0v) is 8.83. The van der Waals surface area contributed by atoms with Gasteiger partial charge in [0.15, 0.2) is 0 Å². The molecule has 1 rings (SSSR count). The van der Waals surface area contributed by atoms with Crippen LogP contribution in [0.2, 0.25) is 0 Å². The molecule has 0 bridgehead atoms. The summed E-state index contributed by atoms with van der Waals surface area (Å²) in [7, 11) is 0. The van der Waals surface area contributed by atoms with Crippen molar-refractivity contribution in [3.63, 3.8) is 0 Å². The lowest BCUT2D eigenvalue weighted by Crippen LogP contribution is -2.41. The minimum Gasteiger partial charge on any atom is -0.508 e. The molecule has 100 valence electrons. The molecule has 18 heavy (non-hydrogen) atoms. The maximum atomic E-state index is 12.5. The molecule has 0 spiro atoms. The van der Waals surface area contributed by atoms with Crippen molar-refractivity contribution < 1.29 is 32.6 Å². The summed E-state index contributed by atoms with van der Waals surface area (Å²) in [5.74, 6) is -6.47. The maximum absolute atomic E-state index is 12.5. The van der Waals surface area contributed by atoms with Gasteiger partial charge in [-0.2, -0.15) is 8.78 Å². The van der Waals surface area contributed by atoms with Crippen LogP contribution in [0.1, 0.15) is 10.4 Å². The highest BCUT2D eigenvalue weighted by atomic mass is 19.3. The van der Waals surface area contributed by atoms with E-state index in [1.807, 2.05) is 0 Å². The third-order valence-corrected chi connectivity index (χ3v) is 2.03. The molecule has 0 aliphatic heterocycles. The average Bonchev–Trinajstić information content (AvgIpc) is 2.25. The predicted molar refractivity (Wildman–Crippen MR) is 53.1 cm³/mol. The number of hydrogen-bond donors (Lipinski definition) is 3. The van der Waals surface area contributed by atoms with Gasteiger partial charge in [0.1, 0.15) is 11.5 Å². The number of nitrogens with one attached hydrogen (secondary N) is 1. The Morgan fingerprint density at radius 1 is 1.33 bits per heavy atom. The Balaban J connectivity index is 2.72. The summed E-state index contributed by atoms with van der Waals surface area (Å²) in [5, 5.41) is 19.8. The van der Waals surface area contributed by atoms with Gasteiger partial charge < -0.3 is 15.5 Å². The molecule has 4 nitrogen and oxygen atoms in total. The van der Waals surface area contributed by atoms with Crippen molar-refractivity contribution in [1.29, 1.82) is 0 Å². The minimum absolute atomic E-state index is 0.332. The average molecular weight is 267 g/mol. The first-order valence-electron chi connectivity index (χ1n) is 4.70. The number of carbonyl (C=O) groups is 1. The molecule has 0 unspecified atom stereocenters. The van der Waals surface area contributed by atoms with Crippen LogP contribution in [-0.4, -0.2) is 35.0 Å². The Labute approximate surface area is 98.9 Å². The number of benzene rings is 1. The van der Waals surface area contributed by atoms with Crippen molar-refractivity contribution in [3.8, 4) is 11.5 Å². The molecular weight excluding hydrogens is 258 g/mol. The van der Waals surface area contributed by atoms with Gasteiger partial charge in [0.2, 0.25) is 0 Å². The van der Waals surface area contributed by atoms with Crippen LogP contribution in [0, 0.1) is 0 Å². The van der Waals surface area contributed by atoms with Crippen LogP contribution in [0.4, 0.5) is 17.6 Å². The number of phenols is 2. The zero-order chi connectivity index (χ0) is 13.9. The first-order valence-corrected chi connectivity index (χ1v) is 4.70. The van der Waals surface area contributed by atoms with Gasteiger partial charge in [-0.25, -0.2) is 8.78 Å². The number of carbonyl (C=O) groups excluding carboxylic acids is 1. The molecule has 0 aromatic heterocycles. The van der Waals surface area contributed by atoms with E-state index in [-0.39, 0.29) is 5.75 Å². The van der Waals surface area contributed by atoms with Crippen molar-refractivity contribution in [2.45, 2.75) is 12.3 Å². The molecule has 1 aromatic rings. The molecule has 1 amide bonds. The molecule has 0 aliphatic rings. The van der Waals surface area contributed by atoms with Crippen molar-refractivity contribution in [3.05, 3.63) is 23.8 Å². The fourth-order valence-corrected chi connectivity index (χ4v) is 1.08. The number of hydrogen-bond acceptors (Lipinski definition) is 3. The summed E-state index contributed by atoms with van der Waals surface area (Å²) in [6.45, 7) is -1.55. The molecule has 0 atom stereocenters. The normalized spacial score (nSPS) is 11.6. The highest BCUT2D eigenvalue weighted by Crippen LogP contribution is 2.24. The topological polar surface area (TPSA) is 69.6 Å². The van der Waals surface area contributed by atoms with E-state index in [0.717, 1.165) is 18.2 Å². The Morgan fingerprint density at radius 2 is 1.94 bits per heavy atom. The molecule has 0 saturated heterocycles. The second-order valence-electron chi connectivity index (χ2n) is 3.45. The number of aromatic hydroxyl groups is 2. The van der Waals surface area contributed by atoms with Crippen LogP contribution < -0.4 is 5.32 Å². The monoisotopic (exact) mass is 267 g/mol. The summed E-state index contributed by atoms with van der Waals surface area (Å²) >= 11 is 0. The van der Waals surface area contributed by atoms with Gasteiger partial charge in [0.25, 0.3) is 5.91 Å². The standard InChI is InChI=1S/C10H9F4NO3/c11-9(12)10(13,14)4-15-8(18)6-2-1-5(16)3-7(6)17/h1-3,9,16-17H,4H2,(H,15,18). The van der Waals surface area contributed by atoms with Gasteiger partial charge >= 0.3 is 12.3 Å². The quantitative estimate of drug-likeness (QED) is 0.727. The van der Waals surface area contributed by atoms with Crippen LogP contribution in [0.3, 0.4) is 0 Å². The Hall–Kier alpha value is -1.99. The van der Waals surface area contributed by atoms with Crippen molar-refractivity contribution in [1.82, 2.24) is 5.32 Å². The number of halogens is 4. The van der Waals surface area contributed by atoms with Gasteiger partial charge in [-0.1, -0.05) is 0 Å². The first-order chi connectivity index (χ1) is 8.24. The Morgan fingerprint density at radius 3 is 2.44 bits per heavy atom. The summed E-state index contributed by atoms with van der Waals surface area (Å²) in [5.41, 5.74) is -0.405. The summed E-state index contributed by atoms with van der Waals surface area (Å²) in [6.07, 6.45) is -3.90. The van der Waals surface area contributed by atoms with E-state index in [4.69, 9.17) is 5.11 Å². The van der Waals surface area contributed by atoms with Gasteiger partial charge in [-0.15, -0.1) is 0 Å². The van der Waals surface area contributed by atoms with Crippen molar-refractivity contribution in [2.75, 3.05) is 6.54 Å². The molecule has 0 aliphatic carbocycles. The van der Waals surface area contributed by atoms with Crippen LogP contribution in [0.25, 0.3) is 0 Å². The molecule has 0 fully saturated rings. The van der Waals surface area contributed by atoms with Gasteiger partial charge in [0.05, 0.1) is 12.1 Å². The number of phenolic OH excluding ortho intramolecular Hbond substituents is 2.